The summed E-state index contributed by atoms with van der Waals surface area (Å²) in [7, 11) is -1.11. The minimum atomic E-state index is -1.11. The van der Waals surface area contributed by atoms with E-state index in [9.17, 15) is 4.21 Å². The summed E-state index contributed by atoms with van der Waals surface area (Å²) in [4.78, 5) is 7.42. The lowest BCUT2D eigenvalue weighted by Crippen LogP contribution is -2.47. The largest absolute Gasteiger partial charge is 0.324 e. The lowest BCUT2D eigenvalue weighted by molar-refractivity contribution is 0.364. The second-order valence-electron chi connectivity index (χ2n) is 6.26. The Morgan fingerprint density at radius 1 is 1.12 bits per heavy atom. The van der Waals surface area contributed by atoms with E-state index >= 15 is 0 Å². The number of rotatable bonds is 7. The van der Waals surface area contributed by atoms with E-state index in [1.807, 2.05) is 16.4 Å². The fourth-order valence-electron chi connectivity index (χ4n) is 2.85. The number of anilines is 1. The molecule has 0 spiro atoms. The van der Waals surface area contributed by atoms with E-state index in [1.165, 1.54) is 5.56 Å². The zero-order chi connectivity index (χ0) is 17.6. The summed E-state index contributed by atoms with van der Waals surface area (Å²) >= 11 is 0. The molecule has 1 atom stereocenters. The highest BCUT2D eigenvalue weighted by atomic mass is 32.2. The first-order valence-electron chi connectivity index (χ1n) is 9.04. The lowest BCUT2D eigenvalue weighted by Gasteiger charge is -2.32. The normalized spacial score (nSPS) is 17.0. The monoisotopic (exact) mass is 362 g/mol. The van der Waals surface area contributed by atoms with Gasteiger partial charge >= 0.3 is 6.01 Å². The molecule has 136 valence electrons. The van der Waals surface area contributed by atoms with Crippen molar-refractivity contribution in [3.63, 3.8) is 0 Å². The third-order valence-electron chi connectivity index (χ3n) is 4.49. The Hall–Kier alpha value is -1.73. The van der Waals surface area contributed by atoms with Gasteiger partial charge in [0.2, 0.25) is 0 Å². The maximum absolute atomic E-state index is 12.7. The van der Waals surface area contributed by atoms with Gasteiger partial charge in [0, 0.05) is 32.6 Å². The summed E-state index contributed by atoms with van der Waals surface area (Å²) in [5.41, 5.74) is 1.26. The highest BCUT2D eigenvalue weighted by Crippen LogP contribution is 2.18. The van der Waals surface area contributed by atoms with Crippen molar-refractivity contribution in [2.75, 3.05) is 31.1 Å². The van der Waals surface area contributed by atoms with Crippen LogP contribution in [0.1, 0.15) is 38.1 Å². The molecule has 2 aromatic rings. The van der Waals surface area contributed by atoms with Crippen LogP contribution in [0.2, 0.25) is 0 Å². The number of aryl methyl sites for hydroxylation is 2. The quantitative estimate of drug-likeness (QED) is 0.758. The average molecular weight is 362 g/mol. The molecular weight excluding hydrogens is 336 g/mol. The molecule has 1 aliphatic rings. The Kier molecular flexibility index (Phi) is 6.20. The predicted octanol–water partition coefficient (Wildman–Crippen LogP) is 2.82. The maximum atomic E-state index is 12.7. The van der Waals surface area contributed by atoms with Crippen molar-refractivity contribution in [2.24, 2.45) is 0 Å². The molecule has 1 aromatic carbocycles. The first-order chi connectivity index (χ1) is 12.2. The number of nitrogens with zero attached hydrogens (tertiary/aromatic N) is 4. The molecule has 1 saturated heterocycles. The Morgan fingerprint density at radius 2 is 1.84 bits per heavy atom. The Labute approximate surface area is 151 Å². The van der Waals surface area contributed by atoms with Crippen LogP contribution >= 0.6 is 0 Å². The highest BCUT2D eigenvalue weighted by molar-refractivity contribution is 7.82. The molecule has 1 aromatic heterocycles. The SMILES string of the molecule is CCCCc1noc(N2CCN(S(=O)c3ccc(CC)cc3)CC2)n1. The third kappa shape index (κ3) is 4.46. The first-order valence-corrected chi connectivity index (χ1v) is 10.1. The van der Waals surface area contributed by atoms with Gasteiger partial charge in [-0.1, -0.05) is 37.6 Å². The fourth-order valence-corrected chi connectivity index (χ4v) is 4.01. The number of hydrogen-bond acceptors (Lipinski definition) is 5. The van der Waals surface area contributed by atoms with Gasteiger partial charge in [0.25, 0.3) is 0 Å². The van der Waals surface area contributed by atoms with Crippen molar-refractivity contribution in [1.29, 1.82) is 0 Å². The molecular formula is C18H26N4O2S. The zero-order valence-corrected chi connectivity index (χ0v) is 15.8. The zero-order valence-electron chi connectivity index (χ0n) is 15.0. The van der Waals surface area contributed by atoms with Crippen LogP contribution in [0, 0.1) is 0 Å². The van der Waals surface area contributed by atoms with Crippen LogP contribution in [-0.4, -0.2) is 44.8 Å². The minimum absolute atomic E-state index is 0.587. The molecule has 1 unspecified atom stereocenters. The van der Waals surface area contributed by atoms with Gasteiger partial charge in [0.05, 0.1) is 4.90 Å². The van der Waals surface area contributed by atoms with Crippen LogP contribution in [0.4, 0.5) is 6.01 Å². The van der Waals surface area contributed by atoms with Gasteiger partial charge in [0.1, 0.15) is 11.0 Å². The molecule has 6 nitrogen and oxygen atoms in total. The van der Waals surface area contributed by atoms with E-state index in [-0.39, 0.29) is 0 Å². The van der Waals surface area contributed by atoms with E-state index in [0.717, 1.165) is 62.6 Å². The summed E-state index contributed by atoms with van der Waals surface area (Å²) in [5.74, 6) is 0.777. The van der Waals surface area contributed by atoms with Crippen LogP contribution in [0.15, 0.2) is 33.7 Å². The number of aromatic nitrogens is 2. The average Bonchev–Trinajstić information content (AvgIpc) is 3.15. The molecule has 1 aliphatic heterocycles. The molecule has 2 heterocycles. The van der Waals surface area contributed by atoms with Crippen molar-refractivity contribution < 1.29 is 8.73 Å². The molecule has 25 heavy (non-hydrogen) atoms. The first kappa shape index (κ1) is 18.1. The second-order valence-corrected chi connectivity index (χ2v) is 7.75. The number of unbranched alkanes of at least 4 members (excludes halogenated alkanes) is 1. The molecule has 1 fully saturated rings. The van der Waals surface area contributed by atoms with Crippen molar-refractivity contribution in [3.8, 4) is 0 Å². The molecule has 0 amide bonds. The van der Waals surface area contributed by atoms with E-state index in [1.54, 1.807) is 0 Å². The van der Waals surface area contributed by atoms with Crippen LogP contribution in [0.3, 0.4) is 0 Å². The van der Waals surface area contributed by atoms with E-state index < -0.39 is 11.0 Å². The van der Waals surface area contributed by atoms with E-state index in [0.29, 0.717) is 6.01 Å². The summed E-state index contributed by atoms with van der Waals surface area (Å²) in [6, 6.07) is 8.64. The van der Waals surface area contributed by atoms with Crippen molar-refractivity contribution in [3.05, 3.63) is 35.7 Å². The summed E-state index contributed by atoms with van der Waals surface area (Å²) in [6.45, 7) is 7.19. The van der Waals surface area contributed by atoms with Crippen LogP contribution in [0.25, 0.3) is 0 Å². The van der Waals surface area contributed by atoms with Crippen LogP contribution < -0.4 is 4.90 Å². The number of benzene rings is 1. The third-order valence-corrected chi connectivity index (χ3v) is 6.00. The Bertz CT molecular complexity index is 693. The Morgan fingerprint density at radius 3 is 2.48 bits per heavy atom. The van der Waals surface area contributed by atoms with Crippen molar-refractivity contribution in [1.82, 2.24) is 14.4 Å². The standard InChI is InChI=1S/C18H26N4O2S/c1-3-5-6-17-19-18(24-20-17)21-11-13-22(14-12-21)25(23)16-9-7-15(4-2)8-10-16/h7-10H,3-6,11-14H2,1-2H3. The highest BCUT2D eigenvalue weighted by Gasteiger charge is 2.25. The molecule has 7 heteroatoms. The predicted molar refractivity (Wildman–Crippen MR) is 98.9 cm³/mol. The van der Waals surface area contributed by atoms with Crippen LogP contribution in [-0.2, 0) is 23.8 Å². The fraction of sp³-hybridized carbons (Fsp3) is 0.556. The van der Waals surface area contributed by atoms with Crippen LogP contribution in [0.5, 0.6) is 0 Å². The summed E-state index contributed by atoms with van der Waals surface area (Å²) < 4.78 is 20.1. The Balaban J connectivity index is 1.55. The van der Waals surface area contributed by atoms with Gasteiger partial charge in [-0.2, -0.15) is 4.98 Å². The van der Waals surface area contributed by atoms with Gasteiger partial charge in [-0.25, -0.2) is 8.51 Å². The topological polar surface area (TPSA) is 62.5 Å². The van der Waals surface area contributed by atoms with Gasteiger partial charge in [0.15, 0.2) is 5.82 Å². The van der Waals surface area contributed by atoms with Gasteiger partial charge in [-0.3, -0.25) is 0 Å². The van der Waals surface area contributed by atoms with E-state index in [4.69, 9.17) is 4.52 Å². The molecule has 0 aliphatic carbocycles. The van der Waals surface area contributed by atoms with Gasteiger partial charge < -0.3 is 9.42 Å². The van der Waals surface area contributed by atoms with Gasteiger partial charge in [-0.05, 0) is 30.5 Å². The molecule has 3 rings (SSSR count). The number of hydrogen-bond donors (Lipinski definition) is 0. The summed E-state index contributed by atoms with van der Waals surface area (Å²) in [6.07, 6.45) is 4.05. The lowest BCUT2D eigenvalue weighted by atomic mass is 10.2. The van der Waals surface area contributed by atoms with Crippen molar-refractivity contribution >= 4 is 17.0 Å². The van der Waals surface area contributed by atoms with E-state index in [2.05, 4.69) is 41.0 Å². The maximum Gasteiger partial charge on any atom is 0.324 e. The smallest absolute Gasteiger partial charge is 0.322 e. The minimum Gasteiger partial charge on any atom is -0.322 e. The molecule has 0 bridgehead atoms. The molecule has 0 radical (unpaired) electrons. The van der Waals surface area contributed by atoms with Crippen molar-refractivity contribution in [2.45, 2.75) is 44.4 Å². The molecule has 0 N–H and O–H groups in total. The summed E-state index contributed by atoms with van der Waals surface area (Å²) in [5, 5.41) is 4.05. The second kappa shape index (κ2) is 8.58. The van der Waals surface area contributed by atoms with Gasteiger partial charge in [-0.15, -0.1) is 0 Å². The molecule has 0 saturated carbocycles. The number of piperazine rings is 1.